The first-order valence-electron chi connectivity index (χ1n) is 15.9. The van der Waals surface area contributed by atoms with E-state index in [9.17, 15) is 14.3 Å². The summed E-state index contributed by atoms with van der Waals surface area (Å²) in [4.78, 5) is 20.3. The maximum absolute atomic E-state index is 13.3. The van der Waals surface area contributed by atoms with Crippen LogP contribution >= 0.6 is 0 Å². The minimum Gasteiger partial charge on any atom is -0.493 e. The molecule has 0 saturated carbocycles. The van der Waals surface area contributed by atoms with Crippen LogP contribution in [0.4, 0.5) is 10.1 Å². The number of rotatable bonds is 10. The smallest absolute Gasteiger partial charge is 0.337 e. The Morgan fingerprint density at radius 2 is 1.70 bits per heavy atom. The van der Waals surface area contributed by atoms with Crippen molar-refractivity contribution in [2.75, 3.05) is 24.6 Å². The van der Waals surface area contributed by atoms with Gasteiger partial charge in [-0.05, 0) is 87.4 Å². The van der Waals surface area contributed by atoms with Crippen LogP contribution in [0.1, 0.15) is 70.4 Å². The summed E-state index contributed by atoms with van der Waals surface area (Å²) in [5.41, 5.74) is 5.77. The second-order valence-electron chi connectivity index (χ2n) is 13.9. The largest absolute Gasteiger partial charge is 0.493 e. The fourth-order valence-corrected chi connectivity index (χ4v) is 5.99. The van der Waals surface area contributed by atoms with E-state index in [-0.39, 0.29) is 11.2 Å². The molecular formula is C37H45FN4O4. The van der Waals surface area contributed by atoms with Gasteiger partial charge in [0.15, 0.2) is 6.10 Å². The Bertz CT molecular complexity index is 1660. The normalized spacial score (nSPS) is 15.5. The Hall–Kier alpha value is -4.24. The molecule has 0 radical (unpaired) electrons. The number of ether oxygens (including phenoxy) is 2. The predicted octanol–water partition coefficient (Wildman–Crippen LogP) is 7.79. The summed E-state index contributed by atoms with van der Waals surface area (Å²) in [5.74, 6) is -0.608. The van der Waals surface area contributed by atoms with E-state index < -0.39 is 17.7 Å². The number of anilines is 1. The minimum absolute atomic E-state index is 0.185. The molecule has 1 aliphatic heterocycles. The summed E-state index contributed by atoms with van der Waals surface area (Å²) in [7, 11) is 1.88. The Morgan fingerprint density at radius 1 is 1.04 bits per heavy atom. The van der Waals surface area contributed by atoms with Crippen molar-refractivity contribution >= 4 is 11.7 Å². The molecule has 1 atom stereocenters. The van der Waals surface area contributed by atoms with Gasteiger partial charge >= 0.3 is 5.97 Å². The van der Waals surface area contributed by atoms with Crippen molar-refractivity contribution in [2.45, 2.75) is 72.5 Å². The molecule has 1 N–H and O–H groups in total. The Balaban J connectivity index is 1.64. The van der Waals surface area contributed by atoms with Crippen molar-refractivity contribution in [3.8, 4) is 28.3 Å². The predicted molar refractivity (Wildman–Crippen MR) is 179 cm³/mol. The average Bonchev–Trinajstić information content (AvgIpc) is 3.42. The number of pyridine rings is 1. The topological polar surface area (TPSA) is 89.7 Å². The molecule has 8 nitrogen and oxygen atoms in total. The van der Waals surface area contributed by atoms with Crippen molar-refractivity contribution in [2.24, 2.45) is 12.5 Å². The third-order valence-corrected chi connectivity index (χ3v) is 8.57. The van der Waals surface area contributed by atoms with Crippen molar-refractivity contribution < 1.29 is 23.8 Å². The van der Waals surface area contributed by atoms with Crippen molar-refractivity contribution in [1.29, 1.82) is 0 Å². The van der Waals surface area contributed by atoms with E-state index in [0.717, 1.165) is 59.7 Å². The molecule has 0 aliphatic carbocycles. The number of aryl methyl sites for hydroxylation is 2. The van der Waals surface area contributed by atoms with Crippen LogP contribution in [-0.2, 0) is 23.0 Å². The monoisotopic (exact) mass is 628 g/mol. The second-order valence-corrected chi connectivity index (χ2v) is 13.9. The molecule has 1 unspecified atom stereocenters. The van der Waals surface area contributed by atoms with Gasteiger partial charge in [0, 0.05) is 49.6 Å². The lowest BCUT2D eigenvalue weighted by molar-refractivity contribution is -0.160. The lowest BCUT2D eigenvalue weighted by Gasteiger charge is -2.41. The van der Waals surface area contributed by atoms with Crippen molar-refractivity contribution in [1.82, 2.24) is 14.8 Å². The van der Waals surface area contributed by atoms with Crippen molar-refractivity contribution in [3.63, 3.8) is 0 Å². The Labute approximate surface area is 271 Å². The first-order valence-corrected chi connectivity index (χ1v) is 15.9. The average molecular weight is 629 g/mol. The molecule has 1 fully saturated rings. The van der Waals surface area contributed by atoms with Gasteiger partial charge in [0.2, 0.25) is 0 Å². The summed E-state index contributed by atoms with van der Waals surface area (Å²) in [6.45, 7) is 14.0. The lowest BCUT2D eigenvalue weighted by Crippen LogP contribution is -2.39. The molecule has 46 heavy (non-hydrogen) atoms. The molecule has 3 heterocycles. The van der Waals surface area contributed by atoms with Crippen LogP contribution in [0.15, 0.2) is 60.8 Å². The van der Waals surface area contributed by atoms with Gasteiger partial charge in [0.25, 0.3) is 0 Å². The number of aromatic nitrogens is 3. The van der Waals surface area contributed by atoms with E-state index in [2.05, 4.69) is 23.8 Å². The number of carbonyl (C=O) groups is 1. The number of nitrogens with zero attached hydrogens (tertiary/aromatic N) is 4. The number of aliphatic carboxylic acids is 1. The maximum atomic E-state index is 13.3. The van der Waals surface area contributed by atoms with Crippen LogP contribution < -0.4 is 9.64 Å². The molecule has 0 spiro atoms. The lowest BCUT2D eigenvalue weighted by atomic mass is 9.81. The van der Waals surface area contributed by atoms with Crippen LogP contribution in [-0.4, -0.2) is 51.1 Å². The second kappa shape index (κ2) is 13.2. The summed E-state index contributed by atoms with van der Waals surface area (Å²) in [6.07, 6.45) is 3.11. The zero-order valence-corrected chi connectivity index (χ0v) is 27.9. The third kappa shape index (κ3) is 7.58. The molecule has 5 rings (SSSR count). The Kier molecular flexibility index (Phi) is 9.54. The highest BCUT2D eigenvalue weighted by molar-refractivity contribution is 5.94. The van der Waals surface area contributed by atoms with Gasteiger partial charge in [-0.3, -0.25) is 9.67 Å². The molecule has 0 amide bonds. The highest BCUT2D eigenvalue weighted by atomic mass is 19.1. The molecule has 244 valence electrons. The fourth-order valence-electron chi connectivity index (χ4n) is 5.99. The van der Waals surface area contributed by atoms with E-state index in [1.54, 1.807) is 23.0 Å². The van der Waals surface area contributed by atoms with Gasteiger partial charge in [0.1, 0.15) is 11.6 Å². The third-order valence-electron chi connectivity index (χ3n) is 8.57. The van der Waals surface area contributed by atoms with Gasteiger partial charge < -0.3 is 19.5 Å². The first kappa shape index (κ1) is 33.1. The molecule has 0 bridgehead atoms. The number of carboxylic acids is 1. The van der Waals surface area contributed by atoms with Crippen LogP contribution in [0.2, 0.25) is 0 Å². The van der Waals surface area contributed by atoms with Crippen LogP contribution in [0.25, 0.3) is 22.5 Å². The first-order chi connectivity index (χ1) is 21.7. The number of piperidine rings is 1. The van der Waals surface area contributed by atoms with Gasteiger partial charge in [-0.15, -0.1) is 0 Å². The number of hydrogen-bond acceptors (Lipinski definition) is 6. The molecule has 2 aromatic carbocycles. The highest BCUT2D eigenvalue weighted by Crippen LogP contribution is 2.47. The van der Waals surface area contributed by atoms with E-state index in [4.69, 9.17) is 14.5 Å². The van der Waals surface area contributed by atoms with Crippen LogP contribution in [0.3, 0.4) is 0 Å². The zero-order chi connectivity index (χ0) is 33.2. The number of carboxylic acid groups (broad SMARTS) is 1. The minimum atomic E-state index is -1.22. The van der Waals surface area contributed by atoms with E-state index in [1.165, 1.54) is 12.1 Å². The van der Waals surface area contributed by atoms with Gasteiger partial charge in [-0.1, -0.05) is 38.1 Å². The van der Waals surface area contributed by atoms with Crippen LogP contribution in [0, 0.1) is 18.2 Å². The molecule has 1 aliphatic rings. The summed E-state index contributed by atoms with van der Waals surface area (Å²) < 4.78 is 27.4. The van der Waals surface area contributed by atoms with Crippen LogP contribution in [0.5, 0.6) is 5.75 Å². The standard InChI is InChI=1S/C37H45FN4O4/c1-24-30(34(35(43)44)46-36(2,3)4)33(42-21-18-37(5,6)19-22-42)31(32(40-24)29-16-20-39-41(29)7)26-10-14-28(15-11-26)45-23-17-25-8-12-27(38)13-9-25/h8-16,20,34H,17-19,21-23H2,1-7H3,(H,43,44). The van der Waals surface area contributed by atoms with E-state index in [1.807, 2.05) is 65.1 Å². The summed E-state index contributed by atoms with van der Waals surface area (Å²) in [6, 6.07) is 16.2. The van der Waals surface area contributed by atoms with E-state index >= 15 is 0 Å². The maximum Gasteiger partial charge on any atom is 0.337 e. The fraction of sp³-hybridized carbons (Fsp3) is 0.432. The number of hydrogen-bond donors (Lipinski definition) is 1. The highest BCUT2D eigenvalue weighted by Gasteiger charge is 2.37. The zero-order valence-electron chi connectivity index (χ0n) is 27.9. The summed E-state index contributed by atoms with van der Waals surface area (Å²) >= 11 is 0. The molecule has 1 saturated heterocycles. The molecule has 4 aromatic rings. The van der Waals surface area contributed by atoms with E-state index in [0.29, 0.717) is 30.0 Å². The van der Waals surface area contributed by atoms with Crippen molar-refractivity contribution in [3.05, 3.63) is 83.4 Å². The van der Waals surface area contributed by atoms with Gasteiger partial charge in [-0.2, -0.15) is 5.10 Å². The quantitative estimate of drug-likeness (QED) is 0.192. The molecular weight excluding hydrogens is 583 g/mol. The van der Waals surface area contributed by atoms with Gasteiger partial charge in [0.05, 0.1) is 29.3 Å². The molecule has 9 heteroatoms. The number of benzene rings is 2. The number of halogens is 1. The summed E-state index contributed by atoms with van der Waals surface area (Å²) in [5, 5.41) is 15.0. The Morgan fingerprint density at radius 3 is 2.26 bits per heavy atom. The van der Waals surface area contributed by atoms with Gasteiger partial charge in [-0.25, -0.2) is 9.18 Å². The SMILES string of the molecule is Cc1nc(-c2ccnn2C)c(-c2ccc(OCCc3ccc(F)cc3)cc2)c(N2CCC(C)(C)CC2)c1C(OC(C)(C)C)C(=O)O. The molecule has 2 aromatic heterocycles.